The van der Waals surface area contributed by atoms with Gasteiger partial charge in [-0.2, -0.15) is 0 Å². The lowest BCUT2D eigenvalue weighted by Crippen LogP contribution is -2.18. The van der Waals surface area contributed by atoms with Crippen LogP contribution in [0.1, 0.15) is 47.2 Å². The minimum atomic E-state index is -0.183. The van der Waals surface area contributed by atoms with E-state index in [9.17, 15) is 4.79 Å². The normalized spacial score (nSPS) is 11.3. The van der Waals surface area contributed by atoms with Gasteiger partial charge in [0.25, 0.3) is 5.91 Å². The van der Waals surface area contributed by atoms with Gasteiger partial charge in [0.15, 0.2) is 0 Å². The number of amides is 1. The molecule has 152 valence electrons. The summed E-state index contributed by atoms with van der Waals surface area (Å²) < 4.78 is 0. The first kappa shape index (κ1) is 19.8. The van der Waals surface area contributed by atoms with Crippen LogP contribution in [0.5, 0.6) is 0 Å². The first-order valence-corrected chi connectivity index (χ1v) is 10.2. The fraction of sp³-hybridized carbons (Fsp3) is 0.240. The number of hydrogen-bond acceptors (Lipinski definition) is 3. The predicted molar refractivity (Wildman–Crippen MR) is 122 cm³/mol. The number of carbonyl (C=O) groups excluding carboxylic acids is 1. The maximum absolute atomic E-state index is 11.8. The van der Waals surface area contributed by atoms with Crippen molar-refractivity contribution in [3.63, 3.8) is 0 Å². The van der Waals surface area contributed by atoms with Crippen LogP contribution in [0.25, 0.3) is 33.3 Å². The maximum atomic E-state index is 11.8. The third-order valence-corrected chi connectivity index (χ3v) is 5.34. The van der Waals surface area contributed by atoms with Crippen LogP contribution >= 0.6 is 0 Å². The summed E-state index contributed by atoms with van der Waals surface area (Å²) in [6, 6.07) is 14.4. The van der Waals surface area contributed by atoms with Gasteiger partial charge in [0.05, 0.1) is 5.69 Å². The third kappa shape index (κ3) is 3.59. The van der Waals surface area contributed by atoms with E-state index in [-0.39, 0.29) is 5.91 Å². The Kier molecular flexibility index (Phi) is 5.12. The molecule has 0 bridgehead atoms. The molecule has 4 aromatic rings. The molecule has 5 nitrogen and oxygen atoms in total. The van der Waals surface area contributed by atoms with Gasteiger partial charge in [0.2, 0.25) is 0 Å². The lowest BCUT2D eigenvalue weighted by Gasteiger charge is -2.10. The smallest absolute Gasteiger partial charge is 0.269 e. The van der Waals surface area contributed by atoms with Crippen molar-refractivity contribution < 1.29 is 4.79 Å². The van der Waals surface area contributed by atoms with Crippen molar-refractivity contribution in [1.29, 1.82) is 0 Å². The van der Waals surface area contributed by atoms with E-state index in [1.165, 1.54) is 10.9 Å². The molecule has 2 N–H and O–H groups in total. The molecule has 0 aliphatic heterocycles. The van der Waals surface area contributed by atoms with Gasteiger partial charge in [0, 0.05) is 46.7 Å². The molecule has 0 aliphatic rings. The second-order valence-corrected chi connectivity index (χ2v) is 7.98. The topological polar surface area (TPSA) is 70.7 Å². The van der Waals surface area contributed by atoms with Crippen molar-refractivity contribution in [2.75, 3.05) is 7.05 Å². The summed E-state index contributed by atoms with van der Waals surface area (Å²) in [5.74, 6) is 0.170. The van der Waals surface area contributed by atoms with Crippen LogP contribution in [0.2, 0.25) is 0 Å². The summed E-state index contributed by atoms with van der Waals surface area (Å²) in [4.78, 5) is 24.2. The summed E-state index contributed by atoms with van der Waals surface area (Å²) in [7, 11) is 1.61. The number of H-pyrrole nitrogens is 1. The highest BCUT2D eigenvalue weighted by molar-refractivity contribution is 5.95. The molecule has 1 aromatic carbocycles. The zero-order valence-electron chi connectivity index (χ0n) is 18.0. The largest absolute Gasteiger partial charge is 0.354 e. The van der Waals surface area contributed by atoms with Gasteiger partial charge in [-0.1, -0.05) is 26.0 Å². The highest BCUT2D eigenvalue weighted by atomic mass is 16.1. The minimum Gasteiger partial charge on any atom is -0.354 e. The zero-order chi connectivity index (χ0) is 21.4. The Labute approximate surface area is 176 Å². The van der Waals surface area contributed by atoms with E-state index in [4.69, 9.17) is 0 Å². The van der Waals surface area contributed by atoms with Gasteiger partial charge in [-0.05, 0) is 61.2 Å². The van der Waals surface area contributed by atoms with Gasteiger partial charge < -0.3 is 10.3 Å². The standard InChI is InChI=1S/C25H26N4O/c1-14(2)23-20-12-17(18-7-9-22(27-13-18)25(30)26-5)6-8-21(20)29-24(23)19-10-15(3)28-16(4)11-19/h6-14,29H,1-5H3,(H,26,30). The minimum absolute atomic E-state index is 0.183. The van der Waals surface area contributed by atoms with E-state index < -0.39 is 0 Å². The SMILES string of the molecule is CNC(=O)c1ccc(-c2ccc3[nH]c(-c4cc(C)nc(C)c4)c(C(C)C)c3c2)cn1. The predicted octanol–water partition coefficient (Wildman–Crippen LogP) is 5.39. The number of benzene rings is 1. The molecular weight excluding hydrogens is 372 g/mol. The number of fused-ring (bicyclic) bond motifs is 1. The average Bonchev–Trinajstić information content (AvgIpc) is 3.11. The van der Waals surface area contributed by atoms with Gasteiger partial charge in [0.1, 0.15) is 5.69 Å². The number of hydrogen-bond donors (Lipinski definition) is 2. The van der Waals surface area contributed by atoms with Crippen molar-refractivity contribution in [1.82, 2.24) is 20.3 Å². The number of aromatic amines is 1. The second kappa shape index (κ2) is 7.75. The molecular formula is C25H26N4O. The molecule has 0 atom stereocenters. The van der Waals surface area contributed by atoms with E-state index in [1.54, 1.807) is 19.3 Å². The summed E-state index contributed by atoms with van der Waals surface area (Å²) >= 11 is 0. The van der Waals surface area contributed by atoms with Gasteiger partial charge >= 0.3 is 0 Å². The van der Waals surface area contributed by atoms with Crippen LogP contribution < -0.4 is 5.32 Å². The van der Waals surface area contributed by atoms with Crippen molar-refractivity contribution in [2.24, 2.45) is 0 Å². The van der Waals surface area contributed by atoms with Crippen LogP contribution in [0, 0.1) is 13.8 Å². The first-order chi connectivity index (χ1) is 14.4. The van der Waals surface area contributed by atoms with E-state index in [1.807, 2.05) is 19.9 Å². The van der Waals surface area contributed by atoms with Crippen LogP contribution in [0.15, 0.2) is 48.7 Å². The molecule has 4 rings (SSSR count). The quantitative estimate of drug-likeness (QED) is 0.484. The number of rotatable bonds is 4. The van der Waals surface area contributed by atoms with Crippen LogP contribution in [-0.2, 0) is 0 Å². The Morgan fingerprint density at radius 3 is 2.27 bits per heavy atom. The molecule has 0 saturated heterocycles. The molecule has 0 aliphatic carbocycles. The van der Waals surface area contributed by atoms with Gasteiger partial charge in [-0.3, -0.25) is 14.8 Å². The maximum Gasteiger partial charge on any atom is 0.269 e. The van der Waals surface area contributed by atoms with Crippen LogP contribution in [-0.4, -0.2) is 27.9 Å². The zero-order valence-corrected chi connectivity index (χ0v) is 18.0. The highest BCUT2D eigenvalue weighted by Crippen LogP contribution is 2.37. The number of pyridine rings is 2. The summed E-state index contributed by atoms with van der Waals surface area (Å²) in [6.45, 7) is 8.50. The Bertz CT molecular complexity index is 1220. The molecule has 0 radical (unpaired) electrons. The second-order valence-electron chi connectivity index (χ2n) is 7.98. The summed E-state index contributed by atoms with van der Waals surface area (Å²) in [5, 5.41) is 3.81. The van der Waals surface area contributed by atoms with Gasteiger partial charge in [-0.15, -0.1) is 0 Å². The Hall–Kier alpha value is -3.47. The van der Waals surface area contributed by atoms with E-state index in [0.29, 0.717) is 11.6 Å². The van der Waals surface area contributed by atoms with E-state index in [0.717, 1.165) is 39.3 Å². The summed E-state index contributed by atoms with van der Waals surface area (Å²) in [6.07, 6.45) is 1.75. The fourth-order valence-electron chi connectivity index (χ4n) is 4.03. The van der Waals surface area contributed by atoms with E-state index >= 15 is 0 Å². The number of aromatic nitrogens is 3. The number of nitrogens with zero attached hydrogens (tertiary/aromatic N) is 2. The molecule has 1 amide bonds. The number of carbonyl (C=O) groups is 1. The monoisotopic (exact) mass is 398 g/mol. The van der Waals surface area contributed by atoms with E-state index in [2.05, 4.69) is 64.4 Å². The molecule has 30 heavy (non-hydrogen) atoms. The molecule has 3 aromatic heterocycles. The molecule has 0 fully saturated rings. The Morgan fingerprint density at radius 1 is 0.967 bits per heavy atom. The third-order valence-electron chi connectivity index (χ3n) is 5.34. The van der Waals surface area contributed by atoms with Gasteiger partial charge in [-0.25, -0.2) is 0 Å². The van der Waals surface area contributed by atoms with Crippen molar-refractivity contribution in [3.8, 4) is 22.4 Å². The molecule has 0 unspecified atom stereocenters. The molecule has 0 spiro atoms. The average molecular weight is 399 g/mol. The number of nitrogens with one attached hydrogen (secondary N) is 2. The Morgan fingerprint density at radius 2 is 1.67 bits per heavy atom. The molecule has 3 heterocycles. The highest BCUT2D eigenvalue weighted by Gasteiger charge is 2.17. The summed E-state index contributed by atoms with van der Waals surface area (Å²) in [5.41, 5.74) is 9.23. The number of aryl methyl sites for hydroxylation is 2. The molecule has 5 heteroatoms. The molecule has 0 saturated carbocycles. The van der Waals surface area contributed by atoms with Crippen molar-refractivity contribution in [3.05, 3.63) is 71.3 Å². The van der Waals surface area contributed by atoms with Crippen molar-refractivity contribution in [2.45, 2.75) is 33.6 Å². The lowest BCUT2D eigenvalue weighted by atomic mass is 9.94. The van der Waals surface area contributed by atoms with Crippen LogP contribution in [0.4, 0.5) is 0 Å². The van der Waals surface area contributed by atoms with Crippen LogP contribution in [0.3, 0.4) is 0 Å². The first-order valence-electron chi connectivity index (χ1n) is 10.2. The fourth-order valence-corrected chi connectivity index (χ4v) is 4.03. The Balaban J connectivity index is 1.84. The van der Waals surface area contributed by atoms with Crippen molar-refractivity contribution >= 4 is 16.8 Å². The lowest BCUT2D eigenvalue weighted by molar-refractivity contribution is 0.0958.